The Morgan fingerprint density at radius 3 is 2.72 bits per heavy atom. The summed E-state index contributed by atoms with van der Waals surface area (Å²) in [4.78, 5) is 34.1. The zero-order valence-corrected chi connectivity index (χ0v) is 18.7. The van der Waals surface area contributed by atoms with Crippen LogP contribution in [-0.4, -0.2) is 72.0 Å². The lowest BCUT2D eigenvalue weighted by Crippen LogP contribution is -2.46. The summed E-state index contributed by atoms with van der Waals surface area (Å²) >= 11 is 0. The van der Waals surface area contributed by atoms with Crippen LogP contribution in [0, 0.1) is 0 Å². The standard InChI is InChI=1S/C25H32N4O3/c1-28(22-11-15-29(16-12-22)14-10-20-7-2-3-13-26-20)25(31)19-6-4-8-21(18-19)27-24(30)23-9-5-17-32-23/h2-4,6-8,13,18,22-23H,5,9-12,14-17H2,1H3,(H,27,30). The van der Waals surface area contributed by atoms with E-state index in [2.05, 4.69) is 21.3 Å². The van der Waals surface area contributed by atoms with Crippen molar-refractivity contribution in [2.24, 2.45) is 0 Å². The number of carbonyl (C=O) groups is 2. The smallest absolute Gasteiger partial charge is 0.253 e. The van der Waals surface area contributed by atoms with Gasteiger partial charge in [0.2, 0.25) is 0 Å². The molecule has 2 amide bonds. The van der Waals surface area contributed by atoms with Crippen LogP contribution in [0.3, 0.4) is 0 Å². The molecule has 0 aliphatic carbocycles. The van der Waals surface area contributed by atoms with Gasteiger partial charge in [0.15, 0.2) is 0 Å². The monoisotopic (exact) mass is 436 g/mol. The van der Waals surface area contributed by atoms with Crippen LogP contribution in [0.25, 0.3) is 0 Å². The fraction of sp³-hybridized carbons (Fsp3) is 0.480. The number of amides is 2. The van der Waals surface area contributed by atoms with E-state index in [4.69, 9.17) is 4.74 Å². The van der Waals surface area contributed by atoms with Gasteiger partial charge in [-0.1, -0.05) is 12.1 Å². The van der Waals surface area contributed by atoms with Gasteiger partial charge < -0.3 is 19.9 Å². The van der Waals surface area contributed by atoms with E-state index in [1.165, 1.54) is 0 Å². The van der Waals surface area contributed by atoms with E-state index < -0.39 is 0 Å². The van der Waals surface area contributed by atoms with Crippen molar-refractivity contribution in [3.05, 3.63) is 59.9 Å². The molecule has 2 fully saturated rings. The number of rotatable bonds is 7. The second-order valence-corrected chi connectivity index (χ2v) is 8.63. The van der Waals surface area contributed by atoms with Crippen LogP contribution < -0.4 is 5.32 Å². The molecule has 1 N–H and O–H groups in total. The molecule has 3 heterocycles. The number of ether oxygens (including phenoxy) is 1. The van der Waals surface area contributed by atoms with Gasteiger partial charge in [0, 0.05) is 68.9 Å². The number of likely N-dealkylation sites (tertiary alicyclic amines) is 1. The molecule has 2 aliphatic rings. The predicted molar refractivity (Wildman–Crippen MR) is 124 cm³/mol. The summed E-state index contributed by atoms with van der Waals surface area (Å²) in [6.07, 6.45) is 5.96. The Balaban J connectivity index is 1.27. The molecule has 0 spiro atoms. The maximum Gasteiger partial charge on any atom is 0.253 e. The van der Waals surface area contributed by atoms with Gasteiger partial charge in [-0.25, -0.2) is 0 Å². The Hall–Kier alpha value is -2.77. The van der Waals surface area contributed by atoms with Crippen molar-refractivity contribution in [1.82, 2.24) is 14.8 Å². The zero-order valence-electron chi connectivity index (χ0n) is 18.7. The molecule has 4 rings (SSSR count). The van der Waals surface area contributed by atoms with E-state index in [1.807, 2.05) is 48.5 Å². The van der Waals surface area contributed by atoms with Gasteiger partial charge >= 0.3 is 0 Å². The first kappa shape index (κ1) is 22.4. The van der Waals surface area contributed by atoms with E-state index >= 15 is 0 Å². The number of hydrogen-bond acceptors (Lipinski definition) is 5. The Morgan fingerprint density at radius 2 is 2.00 bits per heavy atom. The van der Waals surface area contributed by atoms with Gasteiger partial charge in [-0.15, -0.1) is 0 Å². The quantitative estimate of drug-likeness (QED) is 0.722. The third kappa shape index (κ3) is 5.72. The van der Waals surface area contributed by atoms with E-state index in [9.17, 15) is 9.59 Å². The summed E-state index contributed by atoms with van der Waals surface area (Å²) in [6.45, 7) is 3.58. The number of nitrogens with one attached hydrogen (secondary N) is 1. The third-order valence-corrected chi connectivity index (χ3v) is 6.43. The number of carbonyl (C=O) groups excluding carboxylic acids is 2. The summed E-state index contributed by atoms with van der Waals surface area (Å²) in [5.41, 5.74) is 2.35. The molecule has 1 aromatic carbocycles. The molecule has 0 radical (unpaired) electrons. The maximum absolute atomic E-state index is 13.1. The van der Waals surface area contributed by atoms with Crippen LogP contribution >= 0.6 is 0 Å². The van der Waals surface area contributed by atoms with Gasteiger partial charge in [-0.2, -0.15) is 0 Å². The van der Waals surface area contributed by atoms with Crippen molar-refractivity contribution in [3.8, 4) is 0 Å². The van der Waals surface area contributed by atoms with Crippen LogP contribution in [0.1, 0.15) is 41.7 Å². The van der Waals surface area contributed by atoms with Gasteiger partial charge in [-0.05, 0) is 56.0 Å². The second-order valence-electron chi connectivity index (χ2n) is 8.63. The largest absolute Gasteiger partial charge is 0.368 e. The van der Waals surface area contributed by atoms with Crippen molar-refractivity contribution in [2.75, 3.05) is 38.6 Å². The molecule has 7 heteroatoms. The Labute approximate surface area is 189 Å². The molecule has 2 aromatic rings. The minimum atomic E-state index is -0.389. The number of pyridine rings is 1. The average Bonchev–Trinajstić information content (AvgIpc) is 3.38. The van der Waals surface area contributed by atoms with Gasteiger partial charge in [0.1, 0.15) is 6.10 Å². The number of nitrogens with zero attached hydrogens (tertiary/aromatic N) is 3. The molecule has 1 atom stereocenters. The predicted octanol–water partition coefficient (Wildman–Crippen LogP) is 2.98. The lowest BCUT2D eigenvalue weighted by molar-refractivity contribution is -0.124. The van der Waals surface area contributed by atoms with Crippen molar-refractivity contribution in [3.63, 3.8) is 0 Å². The van der Waals surface area contributed by atoms with E-state index in [-0.39, 0.29) is 24.0 Å². The highest BCUT2D eigenvalue weighted by atomic mass is 16.5. The van der Waals surface area contributed by atoms with Crippen molar-refractivity contribution in [1.29, 1.82) is 0 Å². The van der Waals surface area contributed by atoms with Crippen molar-refractivity contribution >= 4 is 17.5 Å². The number of anilines is 1. The lowest BCUT2D eigenvalue weighted by atomic mass is 10.0. The number of benzene rings is 1. The van der Waals surface area contributed by atoms with Crippen LogP contribution in [0.4, 0.5) is 5.69 Å². The number of piperidine rings is 1. The summed E-state index contributed by atoms with van der Waals surface area (Å²) in [5, 5.41) is 2.88. The molecule has 1 unspecified atom stereocenters. The molecule has 2 saturated heterocycles. The highest BCUT2D eigenvalue weighted by Crippen LogP contribution is 2.20. The van der Waals surface area contributed by atoms with Crippen LogP contribution in [0.2, 0.25) is 0 Å². The second kappa shape index (κ2) is 10.7. The normalized spacial score (nSPS) is 19.6. The van der Waals surface area contributed by atoms with Crippen LogP contribution in [0.15, 0.2) is 48.7 Å². The van der Waals surface area contributed by atoms with E-state index in [0.29, 0.717) is 17.9 Å². The van der Waals surface area contributed by atoms with Crippen LogP contribution in [-0.2, 0) is 16.0 Å². The highest BCUT2D eigenvalue weighted by Gasteiger charge is 2.27. The molecule has 0 saturated carbocycles. The SMILES string of the molecule is CN(C(=O)c1cccc(NC(=O)C2CCCO2)c1)C1CCN(CCc2ccccn2)CC1. The lowest BCUT2D eigenvalue weighted by Gasteiger charge is -2.36. The molecule has 170 valence electrons. The topological polar surface area (TPSA) is 74.8 Å². The number of hydrogen-bond donors (Lipinski definition) is 1. The fourth-order valence-electron chi connectivity index (χ4n) is 4.46. The third-order valence-electron chi connectivity index (χ3n) is 6.43. The van der Waals surface area contributed by atoms with Crippen LogP contribution in [0.5, 0.6) is 0 Å². The summed E-state index contributed by atoms with van der Waals surface area (Å²) in [6, 6.07) is 13.4. The highest BCUT2D eigenvalue weighted by molar-refractivity contribution is 5.98. The Bertz CT molecular complexity index is 906. The van der Waals surface area contributed by atoms with Gasteiger partial charge in [0.25, 0.3) is 11.8 Å². The summed E-state index contributed by atoms with van der Waals surface area (Å²) in [5.74, 6) is -0.149. The first-order chi connectivity index (χ1) is 15.6. The first-order valence-electron chi connectivity index (χ1n) is 11.5. The van der Waals surface area contributed by atoms with E-state index in [1.54, 1.807) is 6.07 Å². The minimum Gasteiger partial charge on any atom is -0.368 e. The van der Waals surface area contributed by atoms with Crippen molar-refractivity contribution in [2.45, 2.75) is 44.2 Å². The average molecular weight is 437 g/mol. The Morgan fingerprint density at radius 1 is 1.16 bits per heavy atom. The summed E-state index contributed by atoms with van der Waals surface area (Å²) in [7, 11) is 1.88. The molecule has 32 heavy (non-hydrogen) atoms. The molecular formula is C25H32N4O3. The molecule has 7 nitrogen and oxygen atoms in total. The number of aromatic nitrogens is 1. The molecule has 2 aliphatic heterocycles. The molecule has 0 bridgehead atoms. The van der Waals surface area contributed by atoms with Gasteiger partial charge in [0.05, 0.1) is 0 Å². The fourth-order valence-corrected chi connectivity index (χ4v) is 4.46. The van der Waals surface area contributed by atoms with Crippen molar-refractivity contribution < 1.29 is 14.3 Å². The summed E-state index contributed by atoms with van der Waals surface area (Å²) < 4.78 is 5.44. The molecular weight excluding hydrogens is 404 g/mol. The van der Waals surface area contributed by atoms with E-state index in [0.717, 1.165) is 57.4 Å². The molecule has 1 aromatic heterocycles. The van der Waals surface area contributed by atoms with Gasteiger partial charge in [-0.3, -0.25) is 14.6 Å². The Kier molecular flexibility index (Phi) is 7.50. The zero-order chi connectivity index (χ0) is 22.3. The minimum absolute atomic E-state index is 0.00912. The maximum atomic E-state index is 13.1. The first-order valence-corrected chi connectivity index (χ1v) is 11.5.